The third-order valence-electron chi connectivity index (χ3n) is 5.80. The van der Waals surface area contributed by atoms with Crippen molar-refractivity contribution in [2.75, 3.05) is 18.5 Å². The van der Waals surface area contributed by atoms with E-state index in [0.717, 1.165) is 11.1 Å². The van der Waals surface area contributed by atoms with Gasteiger partial charge in [0.1, 0.15) is 0 Å². The number of amides is 1. The van der Waals surface area contributed by atoms with Gasteiger partial charge in [0, 0.05) is 31.9 Å². The van der Waals surface area contributed by atoms with E-state index in [9.17, 15) is 9.90 Å². The minimum atomic E-state index is -0.753. The quantitative estimate of drug-likeness (QED) is 0.368. The van der Waals surface area contributed by atoms with Crippen LogP contribution in [0.3, 0.4) is 0 Å². The number of aliphatic hydroxyl groups is 1. The van der Waals surface area contributed by atoms with Crippen LogP contribution in [-0.4, -0.2) is 34.6 Å². The summed E-state index contributed by atoms with van der Waals surface area (Å²) in [5.41, 5.74) is 4.09. The predicted octanol–water partition coefficient (Wildman–Crippen LogP) is 4.51. The lowest BCUT2D eigenvalue weighted by Crippen LogP contribution is -2.27. The van der Waals surface area contributed by atoms with Gasteiger partial charge >= 0.3 is 0 Å². The summed E-state index contributed by atoms with van der Waals surface area (Å²) in [4.78, 5) is 24.2. The highest BCUT2D eigenvalue weighted by Gasteiger charge is 2.18. The Morgan fingerprint density at radius 3 is 2.36 bits per heavy atom. The molecule has 1 unspecified atom stereocenters. The first kappa shape index (κ1) is 24.6. The highest BCUT2D eigenvalue weighted by molar-refractivity contribution is 5.99. The Bertz CT molecular complexity index is 1340. The smallest absolute Gasteiger partial charge is 0.255 e. The van der Waals surface area contributed by atoms with Crippen LogP contribution in [0, 0.1) is 11.3 Å². The monoisotopic (exact) mass is 477 g/mol. The van der Waals surface area contributed by atoms with E-state index in [1.165, 1.54) is 0 Å². The van der Waals surface area contributed by atoms with E-state index in [1.807, 2.05) is 72.6 Å². The Kier molecular flexibility index (Phi) is 8.01. The molecular weight excluding hydrogens is 450 g/mol. The van der Waals surface area contributed by atoms with Crippen LogP contribution >= 0.6 is 0 Å². The molecule has 4 aromatic rings. The van der Waals surface area contributed by atoms with Crippen LogP contribution in [0.5, 0.6) is 0 Å². The molecule has 36 heavy (non-hydrogen) atoms. The molecule has 0 bridgehead atoms. The number of carbonyl (C=O) groups excluding carboxylic acids is 1. The summed E-state index contributed by atoms with van der Waals surface area (Å²) in [5, 5.41) is 22.3. The lowest BCUT2D eigenvalue weighted by atomic mass is 10.0. The second-order valence-electron chi connectivity index (χ2n) is 8.43. The van der Waals surface area contributed by atoms with Gasteiger partial charge in [0.2, 0.25) is 5.95 Å². The number of hydrogen-bond acceptors (Lipinski definition) is 6. The predicted molar refractivity (Wildman–Crippen MR) is 139 cm³/mol. The first-order valence-electron chi connectivity index (χ1n) is 11.7. The summed E-state index contributed by atoms with van der Waals surface area (Å²) in [6.07, 6.45) is 1.13. The summed E-state index contributed by atoms with van der Waals surface area (Å²) < 4.78 is 0. The van der Waals surface area contributed by atoms with Gasteiger partial charge in [0.05, 0.1) is 29.0 Å². The van der Waals surface area contributed by atoms with Gasteiger partial charge in [-0.15, -0.1) is 0 Å². The normalized spacial score (nSPS) is 11.4. The average molecular weight is 478 g/mol. The van der Waals surface area contributed by atoms with E-state index in [2.05, 4.69) is 16.4 Å². The van der Waals surface area contributed by atoms with E-state index < -0.39 is 6.10 Å². The van der Waals surface area contributed by atoms with Crippen molar-refractivity contribution in [1.29, 1.82) is 5.26 Å². The van der Waals surface area contributed by atoms with Crippen LogP contribution in [0.2, 0.25) is 0 Å². The first-order chi connectivity index (χ1) is 17.5. The van der Waals surface area contributed by atoms with Crippen molar-refractivity contribution in [3.63, 3.8) is 0 Å². The number of aliphatic hydroxyl groups excluding tert-OH is 1. The minimum absolute atomic E-state index is 0.268. The van der Waals surface area contributed by atoms with Crippen LogP contribution < -0.4 is 10.2 Å². The summed E-state index contributed by atoms with van der Waals surface area (Å²) in [5.74, 6) is 0.212. The zero-order valence-corrected chi connectivity index (χ0v) is 20.0. The molecule has 0 aliphatic heterocycles. The lowest BCUT2D eigenvalue weighted by Gasteiger charge is -2.19. The molecule has 1 heterocycles. The molecule has 1 aromatic heterocycles. The third-order valence-corrected chi connectivity index (χ3v) is 5.80. The lowest BCUT2D eigenvalue weighted by molar-refractivity contribution is 0.0942. The van der Waals surface area contributed by atoms with Crippen molar-refractivity contribution < 1.29 is 9.90 Å². The average Bonchev–Trinajstić information content (AvgIpc) is 2.93. The molecule has 7 nitrogen and oxygen atoms in total. The number of nitriles is 1. The molecule has 7 heteroatoms. The number of nitrogens with one attached hydrogen (secondary N) is 1. The molecule has 180 valence electrons. The van der Waals surface area contributed by atoms with E-state index in [4.69, 9.17) is 10.2 Å². The molecule has 0 spiro atoms. The summed E-state index contributed by atoms with van der Waals surface area (Å²) in [6, 6.07) is 28.4. The SMILES string of the molecule is CN(Cc1ccccc1)c1ncc(C(=O)NCCC(O)c2ccc(C#N)cc2)c(-c2ccccc2)n1. The fraction of sp³-hybridized carbons (Fsp3) is 0.172. The second kappa shape index (κ2) is 11.7. The van der Waals surface area contributed by atoms with Crippen molar-refractivity contribution in [2.45, 2.75) is 19.1 Å². The van der Waals surface area contributed by atoms with E-state index in [0.29, 0.717) is 41.3 Å². The first-order valence-corrected chi connectivity index (χ1v) is 11.7. The summed E-state index contributed by atoms with van der Waals surface area (Å²) in [6.45, 7) is 0.901. The number of anilines is 1. The molecule has 0 radical (unpaired) electrons. The third kappa shape index (κ3) is 6.12. The number of carbonyl (C=O) groups is 1. The van der Waals surface area contributed by atoms with Crippen molar-refractivity contribution in [3.05, 3.63) is 113 Å². The largest absolute Gasteiger partial charge is 0.388 e. The standard InChI is InChI=1S/C29H27N5O2/c1-34(20-22-8-4-2-5-9-22)29-32-19-25(27(33-29)24-10-6-3-7-11-24)28(36)31-17-16-26(35)23-14-12-21(18-30)13-15-23/h2-15,19,26,35H,16-17,20H2,1H3,(H,31,36). The van der Waals surface area contributed by atoms with Crippen molar-refractivity contribution in [1.82, 2.24) is 15.3 Å². The Hall–Kier alpha value is -4.54. The van der Waals surface area contributed by atoms with Crippen LogP contribution in [0.4, 0.5) is 5.95 Å². The van der Waals surface area contributed by atoms with Crippen molar-refractivity contribution in [3.8, 4) is 17.3 Å². The molecular formula is C29H27N5O2. The number of nitrogens with zero attached hydrogens (tertiary/aromatic N) is 4. The maximum absolute atomic E-state index is 13.1. The number of benzene rings is 3. The van der Waals surface area contributed by atoms with Gasteiger partial charge in [-0.3, -0.25) is 4.79 Å². The van der Waals surface area contributed by atoms with Gasteiger partial charge < -0.3 is 15.3 Å². The maximum atomic E-state index is 13.1. The Morgan fingerprint density at radius 1 is 1.03 bits per heavy atom. The topological polar surface area (TPSA) is 102 Å². The Balaban J connectivity index is 1.48. The van der Waals surface area contributed by atoms with Gasteiger partial charge in [-0.25, -0.2) is 9.97 Å². The van der Waals surface area contributed by atoms with Gasteiger partial charge in [-0.2, -0.15) is 5.26 Å². The molecule has 0 aliphatic rings. The second-order valence-corrected chi connectivity index (χ2v) is 8.43. The zero-order chi connectivity index (χ0) is 25.3. The van der Waals surface area contributed by atoms with Gasteiger partial charge in [0.25, 0.3) is 5.91 Å². The Labute approximate surface area is 210 Å². The fourth-order valence-electron chi connectivity index (χ4n) is 3.83. The highest BCUT2D eigenvalue weighted by atomic mass is 16.3. The molecule has 0 saturated carbocycles. The summed E-state index contributed by atoms with van der Waals surface area (Å²) >= 11 is 0. The summed E-state index contributed by atoms with van der Waals surface area (Å²) in [7, 11) is 1.92. The number of hydrogen-bond donors (Lipinski definition) is 2. The molecule has 0 fully saturated rings. The highest BCUT2D eigenvalue weighted by Crippen LogP contribution is 2.24. The molecule has 3 aromatic carbocycles. The molecule has 0 saturated heterocycles. The maximum Gasteiger partial charge on any atom is 0.255 e. The minimum Gasteiger partial charge on any atom is -0.388 e. The number of rotatable bonds is 9. The van der Waals surface area contributed by atoms with E-state index >= 15 is 0 Å². The zero-order valence-electron chi connectivity index (χ0n) is 20.0. The molecule has 1 atom stereocenters. The molecule has 4 rings (SSSR count). The number of aromatic nitrogens is 2. The van der Waals surface area contributed by atoms with E-state index in [-0.39, 0.29) is 12.5 Å². The van der Waals surface area contributed by atoms with Crippen LogP contribution in [0.1, 0.15) is 39.6 Å². The molecule has 2 N–H and O–H groups in total. The molecule has 0 aliphatic carbocycles. The van der Waals surface area contributed by atoms with Gasteiger partial charge in [0.15, 0.2) is 0 Å². The Morgan fingerprint density at radius 2 is 1.69 bits per heavy atom. The van der Waals surface area contributed by atoms with Crippen molar-refractivity contribution in [2.24, 2.45) is 0 Å². The van der Waals surface area contributed by atoms with Crippen molar-refractivity contribution >= 4 is 11.9 Å². The molecule has 1 amide bonds. The van der Waals surface area contributed by atoms with Crippen LogP contribution in [-0.2, 0) is 6.54 Å². The fourth-order valence-corrected chi connectivity index (χ4v) is 3.83. The van der Waals surface area contributed by atoms with Gasteiger partial charge in [-0.05, 0) is 29.7 Å². The van der Waals surface area contributed by atoms with E-state index in [1.54, 1.807) is 30.5 Å². The van der Waals surface area contributed by atoms with Crippen LogP contribution in [0.15, 0.2) is 91.1 Å². The van der Waals surface area contributed by atoms with Crippen LogP contribution in [0.25, 0.3) is 11.3 Å². The van der Waals surface area contributed by atoms with Gasteiger partial charge in [-0.1, -0.05) is 72.8 Å².